The van der Waals surface area contributed by atoms with E-state index in [1.54, 1.807) is 36.5 Å². The Morgan fingerprint density at radius 1 is 1.29 bits per heavy atom. The minimum atomic E-state index is -0.241. The molecule has 0 spiro atoms. The number of rotatable bonds is 4. The average Bonchev–Trinajstić information content (AvgIpc) is 3.09. The van der Waals surface area contributed by atoms with Crippen molar-refractivity contribution in [1.82, 2.24) is 10.4 Å². The van der Waals surface area contributed by atoms with Crippen molar-refractivity contribution in [3.63, 3.8) is 0 Å². The van der Waals surface area contributed by atoms with Crippen molar-refractivity contribution in [2.45, 2.75) is 0 Å². The van der Waals surface area contributed by atoms with Crippen LogP contribution >= 0.6 is 11.6 Å². The van der Waals surface area contributed by atoms with E-state index in [0.29, 0.717) is 22.1 Å². The molecule has 0 saturated carbocycles. The van der Waals surface area contributed by atoms with Gasteiger partial charge in [0.05, 0.1) is 5.57 Å². The minimum Gasteiger partial charge on any atom is -0.487 e. The molecule has 0 bridgehead atoms. The Bertz CT molecular complexity index is 720. The molecule has 1 aromatic heterocycles. The molecule has 1 aromatic carbocycles. The third-order valence-corrected chi connectivity index (χ3v) is 3.18. The summed E-state index contributed by atoms with van der Waals surface area (Å²) in [5.74, 6) is 0.387. The predicted octanol–water partition coefficient (Wildman–Crippen LogP) is 2.62. The second kappa shape index (κ2) is 5.85. The third kappa shape index (κ3) is 3.14. The number of amides is 1. The first-order valence-electron chi connectivity index (χ1n) is 6.33. The van der Waals surface area contributed by atoms with Crippen molar-refractivity contribution in [3.05, 3.63) is 58.9 Å². The summed E-state index contributed by atoms with van der Waals surface area (Å²) in [5.41, 5.74) is 4.31. The molecule has 0 unspecified atom stereocenters. The molecule has 2 heterocycles. The van der Waals surface area contributed by atoms with E-state index in [4.69, 9.17) is 16.3 Å². The number of nitrogens with zero attached hydrogens (tertiary/aromatic N) is 1. The van der Waals surface area contributed by atoms with Crippen molar-refractivity contribution >= 4 is 29.3 Å². The van der Waals surface area contributed by atoms with Crippen molar-refractivity contribution in [1.29, 1.82) is 0 Å². The second-order valence-corrected chi connectivity index (χ2v) is 4.87. The van der Waals surface area contributed by atoms with E-state index in [9.17, 15) is 4.79 Å². The number of hydrogen-bond donors (Lipinski definition) is 2. The van der Waals surface area contributed by atoms with Gasteiger partial charge >= 0.3 is 0 Å². The summed E-state index contributed by atoms with van der Waals surface area (Å²) in [6, 6.07) is 10.8. The molecule has 0 aliphatic carbocycles. The number of hydrogen-bond acceptors (Lipinski definition) is 3. The number of aromatic amines is 1. The Balaban J connectivity index is 1.74. The zero-order valence-electron chi connectivity index (χ0n) is 11.0. The number of carbonyl (C=O) groups excluding carboxylic acids is 1. The van der Waals surface area contributed by atoms with Crippen LogP contribution in [0.25, 0.3) is 6.08 Å². The van der Waals surface area contributed by atoms with Crippen molar-refractivity contribution in [2.75, 3.05) is 6.61 Å². The van der Waals surface area contributed by atoms with Gasteiger partial charge in [0, 0.05) is 16.9 Å². The fraction of sp³-hybridized carbons (Fsp3) is 0.0667. The quantitative estimate of drug-likeness (QED) is 0.853. The molecule has 1 aliphatic rings. The van der Waals surface area contributed by atoms with Gasteiger partial charge in [-0.2, -0.15) is 5.10 Å². The standard InChI is InChI=1S/C15H12ClN3O2/c16-10-3-1-5-12(7-10)21-9-14-13(15(20)19-18-14)8-11-4-2-6-17-11/h1-8,17H,9H2,(H,19,20). The molecule has 21 heavy (non-hydrogen) atoms. The van der Waals surface area contributed by atoms with Crippen LogP contribution < -0.4 is 10.2 Å². The van der Waals surface area contributed by atoms with Gasteiger partial charge in [-0.15, -0.1) is 0 Å². The smallest absolute Gasteiger partial charge is 0.273 e. The Hall–Kier alpha value is -2.53. The molecule has 106 valence electrons. The number of hydrazone groups is 1. The number of H-pyrrole nitrogens is 1. The van der Waals surface area contributed by atoms with E-state index in [1.807, 2.05) is 12.1 Å². The van der Waals surface area contributed by atoms with Crippen LogP contribution in [0.5, 0.6) is 5.75 Å². The fourth-order valence-corrected chi connectivity index (χ4v) is 2.11. The molecule has 2 N–H and O–H groups in total. The van der Waals surface area contributed by atoms with Crippen LogP contribution in [0, 0.1) is 0 Å². The van der Waals surface area contributed by atoms with Gasteiger partial charge in [-0.25, -0.2) is 5.43 Å². The van der Waals surface area contributed by atoms with E-state index in [-0.39, 0.29) is 12.5 Å². The molecular formula is C15H12ClN3O2. The van der Waals surface area contributed by atoms with Gasteiger partial charge in [-0.05, 0) is 36.4 Å². The van der Waals surface area contributed by atoms with E-state index >= 15 is 0 Å². The average molecular weight is 302 g/mol. The summed E-state index contributed by atoms with van der Waals surface area (Å²) in [4.78, 5) is 14.8. The van der Waals surface area contributed by atoms with Crippen LogP contribution in [0.2, 0.25) is 5.02 Å². The number of nitrogens with one attached hydrogen (secondary N) is 2. The zero-order chi connectivity index (χ0) is 14.7. The summed E-state index contributed by atoms with van der Waals surface area (Å²) >= 11 is 5.89. The van der Waals surface area contributed by atoms with Crippen molar-refractivity contribution in [2.24, 2.45) is 5.10 Å². The lowest BCUT2D eigenvalue weighted by molar-refractivity contribution is -0.116. The topological polar surface area (TPSA) is 66.5 Å². The molecule has 0 saturated heterocycles. The van der Waals surface area contributed by atoms with Crippen LogP contribution in [0.4, 0.5) is 0 Å². The third-order valence-electron chi connectivity index (χ3n) is 2.94. The van der Waals surface area contributed by atoms with Crippen molar-refractivity contribution < 1.29 is 9.53 Å². The molecule has 0 atom stereocenters. The van der Waals surface area contributed by atoms with Gasteiger partial charge in [-0.1, -0.05) is 17.7 Å². The first-order valence-corrected chi connectivity index (χ1v) is 6.71. The molecule has 1 amide bonds. The van der Waals surface area contributed by atoms with E-state index in [0.717, 1.165) is 5.69 Å². The Morgan fingerprint density at radius 2 is 2.19 bits per heavy atom. The maximum atomic E-state index is 11.8. The monoisotopic (exact) mass is 301 g/mol. The molecule has 0 fully saturated rings. The van der Waals surface area contributed by atoms with Crippen LogP contribution in [0.3, 0.4) is 0 Å². The summed E-state index contributed by atoms with van der Waals surface area (Å²) in [6.07, 6.45) is 3.53. The SMILES string of the molecule is O=C1NN=C(COc2cccc(Cl)c2)C1=Cc1ccc[nH]1. The van der Waals surface area contributed by atoms with E-state index in [2.05, 4.69) is 15.5 Å². The van der Waals surface area contributed by atoms with E-state index < -0.39 is 0 Å². The Labute approximate surface area is 126 Å². The molecule has 5 nitrogen and oxygen atoms in total. The van der Waals surface area contributed by atoms with Crippen LogP contribution in [0.1, 0.15) is 5.69 Å². The molecule has 1 aliphatic heterocycles. The maximum Gasteiger partial charge on any atom is 0.273 e. The number of halogens is 1. The lowest BCUT2D eigenvalue weighted by atomic mass is 10.1. The minimum absolute atomic E-state index is 0.186. The fourth-order valence-electron chi connectivity index (χ4n) is 1.93. The normalized spacial score (nSPS) is 16.0. The highest BCUT2D eigenvalue weighted by Crippen LogP contribution is 2.18. The largest absolute Gasteiger partial charge is 0.487 e. The first-order chi connectivity index (χ1) is 10.2. The highest BCUT2D eigenvalue weighted by molar-refractivity contribution is 6.30. The summed E-state index contributed by atoms with van der Waals surface area (Å²) in [5, 5.41) is 4.59. The van der Waals surface area contributed by atoms with Crippen LogP contribution in [0.15, 0.2) is 53.3 Å². The summed E-state index contributed by atoms with van der Waals surface area (Å²) < 4.78 is 5.61. The van der Waals surface area contributed by atoms with Gasteiger partial charge in [0.1, 0.15) is 18.1 Å². The van der Waals surface area contributed by atoms with Crippen LogP contribution in [-0.2, 0) is 4.79 Å². The summed E-state index contributed by atoms with van der Waals surface area (Å²) in [7, 11) is 0. The number of ether oxygens (including phenoxy) is 1. The van der Waals surface area contributed by atoms with Gasteiger partial charge in [-0.3, -0.25) is 4.79 Å². The first kappa shape index (κ1) is 13.5. The summed E-state index contributed by atoms with van der Waals surface area (Å²) in [6.45, 7) is 0.186. The Kier molecular flexibility index (Phi) is 3.75. The predicted molar refractivity (Wildman–Crippen MR) is 81.3 cm³/mol. The second-order valence-electron chi connectivity index (χ2n) is 4.43. The molecule has 6 heteroatoms. The van der Waals surface area contributed by atoms with Gasteiger partial charge in [0.25, 0.3) is 5.91 Å². The zero-order valence-corrected chi connectivity index (χ0v) is 11.7. The number of carbonyl (C=O) groups is 1. The molecule has 0 radical (unpaired) electrons. The molecule has 3 rings (SSSR count). The van der Waals surface area contributed by atoms with Gasteiger partial charge in [0.2, 0.25) is 0 Å². The maximum absolute atomic E-state index is 11.8. The number of benzene rings is 1. The van der Waals surface area contributed by atoms with E-state index in [1.165, 1.54) is 0 Å². The lowest BCUT2D eigenvalue weighted by Gasteiger charge is -2.06. The van der Waals surface area contributed by atoms with Gasteiger partial charge < -0.3 is 9.72 Å². The Morgan fingerprint density at radius 3 is 2.95 bits per heavy atom. The molecular weight excluding hydrogens is 290 g/mol. The highest BCUT2D eigenvalue weighted by Gasteiger charge is 2.23. The molecule has 2 aromatic rings. The van der Waals surface area contributed by atoms with Crippen LogP contribution in [-0.4, -0.2) is 23.2 Å². The van der Waals surface area contributed by atoms with Gasteiger partial charge in [0.15, 0.2) is 0 Å². The van der Waals surface area contributed by atoms with Crippen molar-refractivity contribution in [3.8, 4) is 5.75 Å². The highest BCUT2D eigenvalue weighted by atomic mass is 35.5. The lowest BCUT2D eigenvalue weighted by Crippen LogP contribution is -2.16. The number of aromatic nitrogens is 1.